The summed E-state index contributed by atoms with van der Waals surface area (Å²) in [6.07, 6.45) is 0.827. The van der Waals surface area contributed by atoms with Gasteiger partial charge in [0.1, 0.15) is 0 Å². The summed E-state index contributed by atoms with van der Waals surface area (Å²) in [5.74, 6) is -1.48. The molecule has 1 atom stereocenters. The maximum absolute atomic E-state index is 12.2. The van der Waals surface area contributed by atoms with Gasteiger partial charge in [0.2, 0.25) is 0 Å². The monoisotopic (exact) mass is 278 g/mol. The smallest absolute Gasteiger partial charge is 0.321 e. The van der Waals surface area contributed by atoms with Gasteiger partial charge < -0.3 is 15.3 Å². The Labute approximate surface area is 119 Å². The number of hydrogen-bond donors (Lipinski definition) is 2. The maximum atomic E-state index is 12.2. The topological polar surface area (TPSA) is 69.6 Å². The van der Waals surface area contributed by atoms with Crippen molar-refractivity contribution in [1.82, 2.24) is 4.90 Å². The van der Waals surface area contributed by atoms with E-state index in [1.54, 1.807) is 6.92 Å². The third-order valence-electron chi connectivity index (χ3n) is 3.22. The predicted molar refractivity (Wildman–Crippen MR) is 78.9 cm³/mol. The van der Waals surface area contributed by atoms with E-state index in [9.17, 15) is 9.59 Å². The number of carbonyl (C=O) groups is 2. The van der Waals surface area contributed by atoms with Crippen LogP contribution in [-0.4, -0.2) is 35.1 Å². The molecule has 0 saturated carbocycles. The van der Waals surface area contributed by atoms with Crippen molar-refractivity contribution < 1.29 is 14.7 Å². The van der Waals surface area contributed by atoms with E-state index in [1.165, 1.54) is 4.90 Å². The number of aliphatic carboxylic acids is 1. The number of para-hydroxylation sites is 1. The van der Waals surface area contributed by atoms with Crippen LogP contribution >= 0.6 is 0 Å². The van der Waals surface area contributed by atoms with Gasteiger partial charge in [0.05, 0.1) is 5.92 Å². The number of nitrogens with zero attached hydrogens (tertiary/aromatic N) is 1. The molecular formula is C15H22N2O3. The Morgan fingerprint density at radius 2 is 1.95 bits per heavy atom. The van der Waals surface area contributed by atoms with Crippen LogP contribution < -0.4 is 5.32 Å². The fourth-order valence-corrected chi connectivity index (χ4v) is 1.91. The molecular weight excluding hydrogens is 256 g/mol. The van der Waals surface area contributed by atoms with Gasteiger partial charge in [-0.2, -0.15) is 0 Å². The zero-order valence-electron chi connectivity index (χ0n) is 12.2. The van der Waals surface area contributed by atoms with Gasteiger partial charge in [-0.3, -0.25) is 4.79 Å². The minimum atomic E-state index is -0.898. The van der Waals surface area contributed by atoms with Crippen LogP contribution in [0.5, 0.6) is 0 Å². The van der Waals surface area contributed by atoms with Crippen LogP contribution in [0.2, 0.25) is 0 Å². The summed E-state index contributed by atoms with van der Waals surface area (Å²) in [6.45, 7) is 6.12. The molecule has 0 fully saturated rings. The Hall–Kier alpha value is -2.04. The van der Waals surface area contributed by atoms with Crippen LogP contribution in [0.3, 0.4) is 0 Å². The highest BCUT2D eigenvalue weighted by molar-refractivity contribution is 5.90. The number of nitrogens with one attached hydrogen (secondary N) is 1. The molecule has 5 heteroatoms. The van der Waals surface area contributed by atoms with Crippen molar-refractivity contribution in [2.75, 3.05) is 18.4 Å². The number of aryl methyl sites for hydroxylation is 1. The molecule has 0 heterocycles. The summed E-state index contributed by atoms with van der Waals surface area (Å²) in [5.41, 5.74) is 1.84. The average Bonchev–Trinajstić information content (AvgIpc) is 2.44. The first-order valence-electron chi connectivity index (χ1n) is 6.86. The second-order valence-corrected chi connectivity index (χ2v) is 4.72. The lowest BCUT2D eigenvalue weighted by atomic mass is 10.1. The van der Waals surface area contributed by atoms with Crippen molar-refractivity contribution in [3.05, 3.63) is 29.8 Å². The number of benzene rings is 1. The standard InChI is InChI=1S/C15H22N2O3/c1-4-12-8-6-7-9-13(12)16-15(20)17(5-2)10-11(3)14(18)19/h6-9,11H,4-5,10H2,1-3H3,(H,16,20)(H,18,19). The summed E-state index contributed by atoms with van der Waals surface area (Å²) in [6, 6.07) is 7.35. The highest BCUT2D eigenvalue weighted by atomic mass is 16.4. The minimum Gasteiger partial charge on any atom is -0.481 e. The van der Waals surface area contributed by atoms with Gasteiger partial charge >= 0.3 is 12.0 Å². The molecule has 1 rings (SSSR count). The molecule has 1 unspecified atom stereocenters. The summed E-state index contributed by atoms with van der Waals surface area (Å²) < 4.78 is 0. The summed E-state index contributed by atoms with van der Waals surface area (Å²) in [7, 11) is 0. The van der Waals surface area contributed by atoms with Crippen LogP contribution in [-0.2, 0) is 11.2 Å². The quantitative estimate of drug-likeness (QED) is 0.840. The fraction of sp³-hybridized carbons (Fsp3) is 0.467. The molecule has 0 aliphatic rings. The van der Waals surface area contributed by atoms with E-state index in [-0.39, 0.29) is 12.6 Å². The number of hydrogen-bond acceptors (Lipinski definition) is 2. The van der Waals surface area contributed by atoms with Crippen molar-refractivity contribution >= 4 is 17.7 Å². The predicted octanol–water partition coefficient (Wildman–Crippen LogP) is 2.82. The van der Waals surface area contributed by atoms with Crippen LogP contribution in [0.25, 0.3) is 0 Å². The molecule has 0 spiro atoms. The van der Waals surface area contributed by atoms with Crippen LogP contribution in [0, 0.1) is 5.92 Å². The highest BCUT2D eigenvalue weighted by Crippen LogP contribution is 2.16. The zero-order valence-corrected chi connectivity index (χ0v) is 12.2. The minimum absolute atomic E-state index is 0.200. The molecule has 2 amide bonds. The number of carbonyl (C=O) groups excluding carboxylic acids is 1. The summed E-state index contributed by atoms with van der Waals surface area (Å²) in [5, 5.41) is 11.8. The van der Waals surface area contributed by atoms with E-state index < -0.39 is 11.9 Å². The second kappa shape index (κ2) is 7.53. The summed E-state index contributed by atoms with van der Waals surface area (Å²) >= 11 is 0. The third-order valence-corrected chi connectivity index (χ3v) is 3.22. The zero-order chi connectivity index (χ0) is 15.1. The van der Waals surface area contributed by atoms with Crippen LogP contribution in [0.1, 0.15) is 26.3 Å². The lowest BCUT2D eigenvalue weighted by Crippen LogP contribution is -2.39. The van der Waals surface area contributed by atoms with Crippen molar-refractivity contribution in [1.29, 1.82) is 0 Å². The molecule has 0 radical (unpaired) electrons. The van der Waals surface area contributed by atoms with E-state index in [4.69, 9.17) is 5.11 Å². The number of carboxylic acids is 1. The summed E-state index contributed by atoms with van der Waals surface area (Å²) in [4.78, 5) is 24.6. The van der Waals surface area contributed by atoms with Crippen molar-refractivity contribution in [2.45, 2.75) is 27.2 Å². The molecule has 20 heavy (non-hydrogen) atoms. The van der Waals surface area contributed by atoms with Gasteiger partial charge in [0.15, 0.2) is 0 Å². The van der Waals surface area contributed by atoms with E-state index in [1.807, 2.05) is 38.1 Å². The number of urea groups is 1. The van der Waals surface area contributed by atoms with E-state index >= 15 is 0 Å². The largest absolute Gasteiger partial charge is 0.481 e. The number of carboxylic acid groups (broad SMARTS) is 1. The Bertz CT molecular complexity index is 474. The number of amides is 2. The molecule has 0 aliphatic heterocycles. The molecule has 1 aromatic carbocycles. The molecule has 0 bridgehead atoms. The molecule has 1 aromatic rings. The first kappa shape index (κ1) is 16.0. The Morgan fingerprint density at radius 1 is 1.30 bits per heavy atom. The van der Waals surface area contributed by atoms with Crippen LogP contribution in [0.15, 0.2) is 24.3 Å². The van der Waals surface area contributed by atoms with Crippen molar-refractivity contribution in [3.8, 4) is 0 Å². The SMILES string of the molecule is CCc1ccccc1NC(=O)N(CC)CC(C)C(=O)O. The number of rotatable bonds is 6. The van der Waals surface area contributed by atoms with Gasteiger partial charge in [0.25, 0.3) is 0 Å². The van der Waals surface area contributed by atoms with Gasteiger partial charge in [-0.05, 0) is 25.0 Å². The first-order chi connectivity index (χ1) is 9.49. The van der Waals surface area contributed by atoms with Gasteiger partial charge in [-0.15, -0.1) is 0 Å². The van der Waals surface area contributed by atoms with Gasteiger partial charge in [-0.1, -0.05) is 32.0 Å². The fourth-order valence-electron chi connectivity index (χ4n) is 1.91. The normalized spacial score (nSPS) is 11.8. The Kier molecular flexibility index (Phi) is 6.03. The average molecular weight is 278 g/mol. The maximum Gasteiger partial charge on any atom is 0.321 e. The molecule has 110 valence electrons. The molecule has 5 nitrogen and oxygen atoms in total. The molecule has 0 saturated heterocycles. The Morgan fingerprint density at radius 3 is 2.50 bits per heavy atom. The van der Waals surface area contributed by atoms with E-state index in [0.29, 0.717) is 6.54 Å². The van der Waals surface area contributed by atoms with Crippen LogP contribution in [0.4, 0.5) is 10.5 Å². The first-order valence-corrected chi connectivity index (χ1v) is 6.86. The van der Waals surface area contributed by atoms with Crippen molar-refractivity contribution in [3.63, 3.8) is 0 Å². The second-order valence-electron chi connectivity index (χ2n) is 4.72. The highest BCUT2D eigenvalue weighted by Gasteiger charge is 2.19. The van der Waals surface area contributed by atoms with E-state index in [2.05, 4.69) is 5.32 Å². The third kappa shape index (κ3) is 4.26. The molecule has 0 aliphatic carbocycles. The van der Waals surface area contributed by atoms with E-state index in [0.717, 1.165) is 17.7 Å². The molecule has 0 aromatic heterocycles. The lowest BCUT2D eigenvalue weighted by Gasteiger charge is -2.23. The Balaban J connectivity index is 2.74. The number of anilines is 1. The van der Waals surface area contributed by atoms with Gasteiger partial charge in [0, 0.05) is 18.8 Å². The van der Waals surface area contributed by atoms with Crippen molar-refractivity contribution in [2.24, 2.45) is 5.92 Å². The lowest BCUT2D eigenvalue weighted by molar-refractivity contribution is -0.141. The molecule has 2 N–H and O–H groups in total. The van der Waals surface area contributed by atoms with Gasteiger partial charge in [-0.25, -0.2) is 4.79 Å².